The predicted octanol–water partition coefficient (Wildman–Crippen LogP) is 2.56. The lowest BCUT2D eigenvalue weighted by atomic mass is 10.2. The van der Waals surface area contributed by atoms with E-state index in [4.69, 9.17) is 0 Å². The first-order valence-corrected chi connectivity index (χ1v) is 9.30. The second-order valence-corrected chi connectivity index (χ2v) is 6.52. The molecule has 0 atom stereocenters. The van der Waals surface area contributed by atoms with Crippen LogP contribution in [0.25, 0.3) is 0 Å². The van der Waals surface area contributed by atoms with Crippen LogP contribution in [-0.4, -0.2) is 43.4 Å². The number of hydrogen-bond acceptors (Lipinski definition) is 4. The van der Waals surface area contributed by atoms with E-state index in [2.05, 4.69) is 29.6 Å². The van der Waals surface area contributed by atoms with Crippen molar-refractivity contribution in [3.05, 3.63) is 65.5 Å². The van der Waals surface area contributed by atoms with E-state index in [9.17, 15) is 14.0 Å². The van der Waals surface area contributed by atoms with Gasteiger partial charge in [-0.15, -0.1) is 0 Å². The van der Waals surface area contributed by atoms with Crippen molar-refractivity contribution in [3.8, 4) is 0 Å². The standard InChI is InChI=1S/C21H27FN4O2/c1-4-26(5-2)19-11-9-17(10-12-19)21(28)24-23-20(27)15-25(3)14-16-7-6-8-18(22)13-16/h6-13H,4-5,14-15H2,1-3H3,(H,23,27)(H,24,28). The summed E-state index contributed by atoms with van der Waals surface area (Å²) in [5.41, 5.74) is 7.10. The van der Waals surface area contributed by atoms with E-state index in [-0.39, 0.29) is 24.2 Å². The van der Waals surface area contributed by atoms with Gasteiger partial charge in [-0.05, 0) is 62.9 Å². The smallest absolute Gasteiger partial charge is 0.269 e. The molecule has 150 valence electrons. The summed E-state index contributed by atoms with van der Waals surface area (Å²) >= 11 is 0. The molecule has 28 heavy (non-hydrogen) atoms. The summed E-state index contributed by atoms with van der Waals surface area (Å²) in [6, 6.07) is 13.5. The molecule has 0 aliphatic carbocycles. The minimum absolute atomic E-state index is 0.0672. The fraction of sp³-hybridized carbons (Fsp3) is 0.333. The molecule has 0 unspecified atom stereocenters. The van der Waals surface area contributed by atoms with Crippen molar-refractivity contribution in [2.75, 3.05) is 31.6 Å². The summed E-state index contributed by atoms with van der Waals surface area (Å²) in [6.45, 7) is 6.42. The van der Waals surface area contributed by atoms with Gasteiger partial charge in [0, 0.05) is 30.9 Å². The average molecular weight is 386 g/mol. The normalized spacial score (nSPS) is 10.6. The Bertz CT molecular complexity index is 791. The van der Waals surface area contributed by atoms with E-state index in [1.807, 2.05) is 12.1 Å². The van der Waals surface area contributed by atoms with Crippen molar-refractivity contribution >= 4 is 17.5 Å². The first-order chi connectivity index (χ1) is 13.4. The molecule has 0 aliphatic rings. The Balaban J connectivity index is 1.80. The molecule has 0 saturated carbocycles. The Morgan fingerprint density at radius 2 is 1.68 bits per heavy atom. The van der Waals surface area contributed by atoms with E-state index >= 15 is 0 Å². The molecule has 0 saturated heterocycles. The first kappa shape index (κ1) is 21.4. The summed E-state index contributed by atoms with van der Waals surface area (Å²) in [7, 11) is 1.75. The minimum Gasteiger partial charge on any atom is -0.372 e. The van der Waals surface area contributed by atoms with Crippen molar-refractivity contribution in [1.29, 1.82) is 0 Å². The van der Waals surface area contributed by atoms with Crippen LogP contribution >= 0.6 is 0 Å². The average Bonchev–Trinajstić information content (AvgIpc) is 2.67. The van der Waals surface area contributed by atoms with Crippen LogP contribution in [0.3, 0.4) is 0 Å². The second kappa shape index (κ2) is 10.4. The number of rotatable bonds is 8. The highest BCUT2D eigenvalue weighted by atomic mass is 19.1. The lowest BCUT2D eigenvalue weighted by Crippen LogP contribution is -2.45. The van der Waals surface area contributed by atoms with Crippen LogP contribution in [0.2, 0.25) is 0 Å². The van der Waals surface area contributed by atoms with Gasteiger partial charge < -0.3 is 4.90 Å². The number of carbonyl (C=O) groups excluding carboxylic acids is 2. The van der Waals surface area contributed by atoms with Crippen LogP contribution in [0.1, 0.15) is 29.8 Å². The van der Waals surface area contributed by atoms with Gasteiger partial charge in [-0.3, -0.25) is 25.3 Å². The van der Waals surface area contributed by atoms with Gasteiger partial charge in [0.25, 0.3) is 11.8 Å². The van der Waals surface area contributed by atoms with E-state index in [0.29, 0.717) is 12.1 Å². The molecule has 0 aromatic heterocycles. The van der Waals surface area contributed by atoms with Gasteiger partial charge in [0.15, 0.2) is 0 Å². The summed E-state index contributed by atoms with van der Waals surface area (Å²) in [6.07, 6.45) is 0. The Kier molecular flexibility index (Phi) is 7.95. The fourth-order valence-electron chi connectivity index (χ4n) is 2.90. The molecule has 2 aromatic carbocycles. The summed E-state index contributed by atoms with van der Waals surface area (Å²) < 4.78 is 13.2. The zero-order valence-corrected chi connectivity index (χ0v) is 16.5. The molecule has 0 radical (unpaired) electrons. The molecule has 7 heteroatoms. The van der Waals surface area contributed by atoms with Gasteiger partial charge >= 0.3 is 0 Å². The largest absolute Gasteiger partial charge is 0.372 e. The first-order valence-electron chi connectivity index (χ1n) is 9.30. The number of nitrogens with zero attached hydrogens (tertiary/aromatic N) is 2. The number of halogens is 1. The van der Waals surface area contributed by atoms with Crippen molar-refractivity contribution in [1.82, 2.24) is 15.8 Å². The van der Waals surface area contributed by atoms with Crippen LogP contribution in [0.15, 0.2) is 48.5 Å². The van der Waals surface area contributed by atoms with Crippen LogP contribution < -0.4 is 15.8 Å². The summed E-state index contributed by atoms with van der Waals surface area (Å²) in [5, 5.41) is 0. The molecule has 2 rings (SSSR count). The third-order valence-electron chi connectivity index (χ3n) is 4.33. The SMILES string of the molecule is CCN(CC)c1ccc(C(=O)NNC(=O)CN(C)Cc2cccc(F)c2)cc1. The highest BCUT2D eigenvalue weighted by Crippen LogP contribution is 2.14. The Morgan fingerprint density at radius 1 is 1.00 bits per heavy atom. The Labute approximate surface area is 165 Å². The topological polar surface area (TPSA) is 64.7 Å². The Hall–Kier alpha value is -2.93. The van der Waals surface area contributed by atoms with Crippen LogP contribution in [0, 0.1) is 5.82 Å². The highest BCUT2D eigenvalue weighted by Gasteiger charge is 2.11. The maximum Gasteiger partial charge on any atom is 0.269 e. The van der Waals surface area contributed by atoms with Crippen LogP contribution in [0.5, 0.6) is 0 Å². The van der Waals surface area contributed by atoms with Gasteiger partial charge in [-0.25, -0.2) is 4.39 Å². The van der Waals surface area contributed by atoms with Crippen molar-refractivity contribution in [2.45, 2.75) is 20.4 Å². The van der Waals surface area contributed by atoms with E-state index < -0.39 is 0 Å². The third kappa shape index (κ3) is 6.35. The predicted molar refractivity (Wildman–Crippen MR) is 108 cm³/mol. The quantitative estimate of drug-likeness (QED) is 0.685. The van der Waals surface area contributed by atoms with Crippen LogP contribution in [-0.2, 0) is 11.3 Å². The maximum absolute atomic E-state index is 13.2. The molecule has 0 aliphatic heterocycles. The number of amides is 2. The molecular weight excluding hydrogens is 359 g/mol. The van der Waals surface area contributed by atoms with Crippen molar-refractivity contribution < 1.29 is 14.0 Å². The van der Waals surface area contributed by atoms with Gasteiger partial charge in [0.2, 0.25) is 0 Å². The van der Waals surface area contributed by atoms with E-state index in [1.165, 1.54) is 12.1 Å². The number of hydrazine groups is 1. The molecule has 0 heterocycles. The molecule has 2 amide bonds. The van der Waals surface area contributed by atoms with Crippen molar-refractivity contribution in [2.24, 2.45) is 0 Å². The minimum atomic E-state index is -0.382. The number of nitrogens with one attached hydrogen (secondary N) is 2. The van der Waals surface area contributed by atoms with Gasteiger partial charge in [0.1, 0.15) is 5.82 Å². The fourth-order valence-corrected chi connectivity index (χ4v) is 2.90. The number of anilines is 1. The molecule has 2 N–H and O–H groups in total. The Morgan fingerprint density at radius 3 is 2.29 bits per heavy atom. The number of benzene rings is 2. The molecule has 2 aromatic rings. The zero-order chi connectivity index (χ0) is 20.5. The lowest BCUT2D eigenvalue weighted by molar-refractivity contribution is -0.122. The lowest BCUT2D eigenvalue weighted by Gasteiger charge is -2.21. The molecule has 6 nitrogen and oxygen atoms in total. The number of likely N-dealkylation sites (N-methyl/N-ethyl adjacent to an activating group) is 1. The maximum atomic E-state index is 13.2. The van der Waals surface area contributed by atoms with Crippen LogP contribution in [0.4, 0.5) is 10.1 Å². The monoisotopic (exact) mass is 386 g/mol. The molecular formula is C21H27FN4O2. The third-order valence-corrected chi connectivity index (χ3v) is 4.33. The highest BCUT2D eigenvalue weighted by molar-refractivity contribution is 5.95. The number of hydrogen-bond donors (Lipinski definition) is 2. The summed E-state index contributed by atoms with van der Waals surface area (Å²) in [4.78, 5) is 28.1. The van der Waals surface area contributed by atoms with Gasteiger partial charge in [0.05, 0.1) is 6.54 Å². The molecule has 0 bridgehead atoms. The van der Waals surface area contributed by atoms with E-state index in [0.717, 1.165) is 24.3 Å². The molecule has 0 spiro atoms. The van der Waals surface area contributed by atoms with Gasteiger partial charge in [-0.1, -0.05) is 12.1 Å². The molecule has 0 fully saturated rings. The zero-order valence-electron chi connectivity index (χ0n) is 16.5. The summed E-state index contributed by atoms with van der Waals surface area (Å²) in [5.74, 6) is -1.05. The number of carbonyl (C=O) groups is 2. The van der Waals surface area contributed by atoms with E-state index in [1.54, 1.807) is 36.2 Å². The second-order valence-electron chi connectivity index (χ2n) is 6.52. The van der Waals surface area contributed by atoms with Gasteiger partial charge in [-0.2, -0.15) is 0 Å². The van der Waals surface area contributed by atoms with Crippen molar-refractivity contribution in [3.63, 3.8) is 0 Å².